The molecule has 16 heteroatoms. The fourth-order valence-corrected chi connectivity index (χ4v) is 4.69. The molecule has 0 aromatic carbocycles. The highest BCUT2D eigenvalue weighted by Gasteiger charge is 2.40. The number of thiol groups is 1. The number of nitrogens with zero attached hydrogens (tertiary/aromatic N) is 4. The summed E-state index contributed by atoms with van der Waals surface area (Å²) < 4.78 is 21.6. The third kappa shape index (κ3) is 10.5. The van der Waals surface area contributed by atoms with Gasteiger partial charge in [-0.3, -0.25) is 9.48 Å². The highest BCUT2D eigenvalue weighted by atomic mass is 32.7. The van der Waals surface area contributed by atoms with Crippen molar-refractivity contribution in [3.8, 4) is 0 Å². The van der Waals surface area contributed by atoms with E-state index >= 15 is 0 Å². The van der Waals surface area contributed by atoms with Gasteiger partial charge in [-0.15, -0.1) is 5.10 Å². The van der Waals surface area contributed by atoms with E-state index in [1.807, 2.05) is 6.20 Å². The molecule has 33 heavy (non-hydrogen) atoms. The van der Waals surface area contributed by atoms with Crippen molar-refractivity contribution in [2.24, 2.45) is 0 Å². The van der Waals surface area contributed by atoms with Crippen LogP contribution >= 0.6 is 26.1 Å². The molecule has 12 nitrogen and oxygen atoms in total. The Bertz CT molecular complexity index is 803. The van der Waals surface area contributed by atoms with Crippen LogP contribution in [0.4, 0.5) is 0 Å². The predicted molar refractivity (Wildman–Crippen MR) is 129 cm³/mol. The van der Waals surface area contributed by atoms with Crippen LogP contribution in [-0.4, -0.2) is 86.8 Å². The van der Waals surface area contributed by atoms with Gasteiger partial charge in [-0.05, 0) is 43.9 Å². The molecule has 0 saturated carbocycles. The monoisotopic (exact) mass is 547 g/mol. The Labute approximate surface area is 204 Å². The summed E-state index contributed by atoms with van der Waals surface area (Å²) in [6.45, 7) is -1.98. The average molecular weight is 548 g/mol. The van der Waals surface area contributed by atoms with Gasteiger partial charge in [0.2, 0.25) is 5.91 Å². The van der Waals surface area contributed by atoms with Crippen LogP contribution < -0.4 is 0 Å². The van der Waals surface area contributed by atoms with E-state index in [2.05, 4.69) is 22.6 Å². The second-order valence-electron chi connectivity index (χ2n) is 7.58. The lowest BCUT2D eigenvalue weighted by atomic mass is 10.2. The van der Waals surface area contributed by atoms with Crippen LogP contribution in [-0.2, 0) is 47.7 Å². The van der Waals surface area contributed by atoms with Crippen molar-refractivity contribution in [3.05, 3.63) is 11.9 Å². The lowest BCUT2D eigenvalue weighted by Crippen LogP contribution is -2.38. The van der Waals surface area contributed by atoms with Gasteiger partial charge in [-0.1, -0.05) is 5.21 Å². The number of carbonyl (C=O) groups excluding carboxylic acids is 1. The van der Waals surface area contributed by atoms with Gasteiger partial charge in [-0.2, -0.15) is 13.9 Å². The van der Waals surface area contributed by atoms with E-state index in [0.29, 0.717) is 38.8 Å². The number of hydrogen-bond donors (Lipinski definition) is 4. The van der Waals surface area contributed by atoms with Gasteiger partial charge in [0.15, 0.2) is 0 Å². The molecule has 4 atom stereocenters. The number of aryl methyl sites for hydroxylation is 2. The quantitative estimate of drug-likeness (QED) is 0.144. The molecule has 1 aromatic heterocycles. The third-order valence-electron chi connectivity index (χ3n) is 5.06. The zero-order valence-electron chi connectivity index (χ0n) is 18.7. The number of aliphatic hydroxyl groups is 1. The zero-order valence-corrected chi connectivity index (χ0v) is 22.2. The topological polar surface area (TPSA) is 149 Å². The minimum Gasteiger partial charge on any atom is -0.391 e. The summed E-state index contributed by atoms with van der Waals surface area (Å²) >= 11 is 8.69. The first-order valence-corrected chi connectivity index (χ1v) is 15.8. The Morgan fingerprint density at radius 3 is 2.85 bits per heavy atom. The highest BCUT2D eigenvalue weighted by molar-refractivity contribution is 8.47. The minimum atomic E-state index is -3.20. The Morgan fingerprint density at radius 1 is 1.39 bits per heavy atom. The summed E-state index contributed by atoms with van der Waals surface area (Å²) in [6, 6.07) is -0.342. The SMILES string of the molecule is COP(O)(=S)OCCCCc1cn(CCCC(=O)N2CC(O)C[C@H]2CO[P+](O)(S)OC)nn1. The van der Waals surface area contributed by atoms with Crippen LogP contribution in [0.15, 0.2) is 6.20 Å². The van der Waals surface area contributed by atoms with Gasteiger partial charge in [-0.25, -0.2) is 0 Å². The van der Waals surface area contributed by atoms with Gasteiger partial charge in [0, 0.05) is 32.8 Å². The summed E-state index contributed by atoms with van der Waals surface area (Å²) in [4.78, 5) is 33.6. The van der Waals surface area contributed by atoms with Gasteiger partial charge in [0.1, 0.15) is 6.61 Å². The standard InChI is InChI=1S/C17H32N4O8P2S2/c1-26-30(24,32)28-9-4-3-6-14-11-20(19-18-14)8-5-7-17(23)21-12-16(22)10-15(21)13-29-31(25,33)27-2/h11,15-16,22,25,33H,3-10,12-13H2,1-2H3/p+1/t15-,16?,30?,31?/m0/s1. The molecule has 1 aromatic rings. The summed E-state index contributed by atoms with van der Waals surface area (Å²) in [5.41, 5.74) is 0.831. The van der Waals surface area contributed by atoms with E-state index in [1.165, 1.54) is 14.2 Å². The molecule has 0 aliphatic carbocycles. The molecule has 1 saturated heterocycles. The molecular weight excluding hydrogens is 514 g/mol. The van der Waals surface area contributed by atoms with Crippen molar-refractivity contribution >= 4 is 43.8 Å². The first-order valence-electron chi connectivity index (χ1n) is 10.5. The normalized spacial score (nSPS) is 22.3. The lowest BCUT2D eigenvalue weighted by molar-refractivity contribution is -0.133. The smallest absolute Gasteiger partial charge is 0.391 e. The second-order valence-corrected chi connectivity index (χ2v) is 13.6. The number of amides is 1. The lowest BCUT2D eigenvalue weighted by Gasteiger charge is -2.24. The van der Waals surface area contributed by atoms with Crippen molar-refractivity contribution < 1.29 is 37.8 Å². The number of β-amino-alcohol motifs (C(OH)–C–C–N with tert-alkyl or cyclic N) is 1. The predicted octanol–water partition coefficient (Wildman–Crippen LogP) is 1.49. The highest BCUT2D eigenvalue weighted by Crippen LogP contribution is 2.61. The Morgan fingerprint density at radius 2 is 2.15 bits per heavy atom. The van der Waals surface area contributed by atoms with E-state index in [9.17, 15) is 19.7 Å². The molecule has 3 unspecified atom stereocenters. The molecule has 1 amide bonds. The maximum Gasteiger partial charge on any atom is 0.475 e. The third-order valence-corrected chi connectivity index (χ3v) is 8.59. The number of unbranched alkanes of at least 4 members (excludes halogenated alkanes) is 1. The average Bonchev–Trinajstić information content (AvgIpc) is 3.38. The van der Waals surface area contributed by atoms with E-state index in [4.69, 9.17) is 29.9 Å². The number of carbonyl (C=O) groups is 1. The van der Waals surface area contributed by atoms with Gasteiger partial charge in [0.25, 0.3) is 0 Å². The molecule has 1 aliphatic heterocycles. The fourth-order valence-electron chi connectivity index (χ4n) is 3.33. The first kappa shape index (κ1) is 29.0. The van der Waals surface area contributed by atoms with Crippen LogP contribution in [0.25, 0.3) is 0 Å². The van der Waals surface area contributed by atoms with Crippen LogP contribution in [0.5, 0.6) is 0 Å². The fraction of sp³-hybridized carbons (Fsp3) is 0.824. The van der Waals surface area contributed by atoms with E-state index in [1.54, 1.807) is 9.58 Å². The molecule has 190 valence electrons. The molecule has 0 radical (unpaired) electrons. The molecule has 0 bridgehead atoms. The zero-order chi connectivity index (χ0) is 24.5. The number of aromatic nitrogens is 3. The van der Waals surface area contributed by atoms with Crippen LogP contribution in [0.2, 0.25) is 0 Å². The van der Waals surface area contributed by atoms with Crippen molar-refractivity contribution in [2.45, 2.75) is 57.2 Å². The van der Waals surface area contributed by atoms with Gasteiger partial charge < -0.3 is 23.9 Å². The summed E-state index contributed by atoms with van der Waals surface area (Å²) in [6.07, 6.45) is 4.64. The Hall–Kier alpha value is -0.240. The summed E-state index contributed by atoms with van der Waals surface area (Å²) in [5, 5.41) is 18.2. The van der Waals surface area contributed by atoms with Crippen LogP contribution in [0.1, 0.15) is 37.8 Å². The first-order chi connectivity index (χ1) is 15.5. The largest absolute Gasteiger partial charge is 0.475 e. The molecule has 2 rings (SSSR count). The maximum absolute atomic E-state index is 12.7. The maximum atomic E-state index is 12.7. The van der Waals surface area contributed by atoms with Crippen molar-refractivity contribution in [2.75, 3.05) is 34.0 Å². The molecule has 1 fully saturated rings. The van der Waals surface area contributed by atoms with Crippen LogP contribution in [0.3, 0.4) is 0 Å². The number of likely N-dealkylation sites (tertiary alicyclic amines) is 1. The molecular formula is C17H33N4O8P2S2+. The van der Waals surface area contributed by atoms with E-state index in [-0.39, 0.29) is 31.5 Å². The minimum absolute atomic E-state index is 0.0425. The molecule has 2 heterocycles. The van der Waals surface area contributed by atoms with Crippen molar-refractivity contribution in [3.63, 3.8) is 0 Å². The summed E-state index contributed by atoms with van der Waals surface area (Å²) in [7, 11) is -0.589. The number of rotatable bonds is 15. The van der Waals surface area contributed by atoms with Crippen molar-refractivity contribution in [1.29, 1.82) is 0 Å². The van der Waals surface area contributed by atoms with Crippen molar-refractivity contribution in [1.82, 2.24) is 19.9 Å². The van der Waals surface area contributed by atoms with Crippen LogP contribution in [0, 0.1) is 0 Å². The van der Waals surface area contributed by atoms with Gasteiger partial charge in [0.05, 0.1) is 43.8 Å². The number of aliphatic hydroxyl groups excluding tert-OH is 1. The molecule has 1 aliphatic rings. The Kier molecular flexibility index (Phi) is 12.1. The molecule has 0 spiro atoms. The second kappa shape index (κ2) is 13.7. The number of hydrogen-bond acceptors (Lipinski definition) is 11. The van der Waals surface area contributed by atoms with E-state index < -0.39 is 20.0 Å². The van der Waals surface area contributed by atoms with Gasteiger partial charge >= 0.3 is 13.9 Å². The van der Waals surface area contributed by atoms with E-state index in [0.717, 1.165) is 12.1 Å². The summed E-state index contributed by atoms with van der Waals surface area (Å²) in [5.74, 6) is -0.0976. The molecule has 3 N–H and O–H groups in total. The Balaban J connectivity index is 1.69.